The largest absolute Gasteiger partial charge is 0.494 e. The van der Waals surface area contributed by atoms with Gasteiger partial charge in [0, 0.05) is 23.8 Å². The predicted octanol–water partition coefficient (Wildman–Crippen LogP) is 4.73. The topological polar surface area (TPSA) is 83.8 Å². The zero-order valence-corrected chi connectivity index (χ0v) is 16.5. The number of carboxylic acid groups (broad SMARTS) is 1. The minimum Gasteiger partial charge on any atom is -0.494 e. The molecule has 0 bridgehead atoms. The van der Waals surface area contributed by atoms with Gasteiger partial charge in [-0.3, -0.25) is 4.79 Å². The number of ether oxygens (including phenoxy) is 1. The van der Waals surface area contributed by atoms with Crippen molar-refractivity contribution < 1.29 is 24.5 Å². The summed E-state index contributed by atoms with van der Waals surface area (Å²) in [4.78, 5) is 23.1. The molecule has 0 aliphatic rings. The van der Waals surface area contributed by atoms with Gasteiger partial charge >= 0.3 is 5.97 Å². The highest BCUT2D eigenvalue weighted by molar-refractivity contribution is 6.09. The molecule has 0 spiro atoms. The molecule has 0 saturated carbocycles. The van der Waals surface area contributed by atoms with Crippen LogP contribution in [-0.2, 0) is 4.79 Å². The zero-order chi connectivity index (χ0) is 20.9. The Morgan fingerprint density at radius 2 is 1.34 bits per heavy atom. The Balaban J connectivity index is 1.78. The summed E-state index contributed by atoms with van der Waals surface area (Å²) in [5, 5.41) is 17.4. The van der Waals surface area contributed by atoms with Gasteiger partial charge in [-0.15, -0.1) is 0 Å². The van der Waals surface area contributed by atoms with Crippen LogP contribution in [0.25, 0.3) is 6.08 Å². The number of benzene rings is 2. The summed E-state index contributed by atoms with van der Waals surface area (Å²) in [7, 11) is 0. The molecule has 154 valence electrons. The van der Waals surface area contributed by atoms with Crippen LogP contribution in [0, 0.1) is 0 Å². The van der Waals surface area contributed by atoms with Crippen LogP contribution in [-0.4, -0.2) is 35.2 Å². The number of aliphatic hydroxyl groups is 1. The van der Waals surface area contributed by atoms with Crippen molar-refractivity contribution in [2.75, 3.05) is 13.2 Å². The van der Waals surface area contributed by atoms with Crippen LogP contribution in [0.5, 0.6) is 5.75 Å². The van der Waals surface area contributed by atoms with Crippen LogP contribution < -0.4 is 4.74 Å². The molecule has 5 nitrogen and oxygen atoms in total. The molecule has 29 heavy (non-hydrogen) atoms. The number of hydrogen-bond acceptors (Lipinski definition) is 4. The van der Waals surface area contributed by atoms with Crippen LogP contribution in [0.2, 0.25) is 0 Å². The first-order valence-electron chi connectivity index (χ1n) is 9.99. The Bertz CT molecular complexity index is 791. The van der Waals surface area contributed by atoms with Crippen molar-refractivity contribution >= 4 is 17.8 Å². The number of unbranched alkanes of at least 4 members (excludes halogenated alkanes) is 5. The van der Waals surface area contributed by atoms with Crippen molar-refractivity contribution in [3.8, 4) is 5.75 Å². The van der Waals surface area contributed by atoms with Gasteiger partial charge in [0.15, 0.2) is 5.78 Å². The maximum Gasteiger partial charge on any atom is 0.328 e. The monoisotopic (exact) mass is 396 g/mol. The van der Waals surface area contributed by atoms with Crippen molar-refractivity contribution in [2.24, 2.45) is 0 Å². The highest BCUT2D eigenvalue weighted by atomic mass is 16.5. The molecule has 0 aliphatic heterocycles. The standard InChI is InChI=1S/C24H28O5/c25-17-5-3-1-2-4-6-18-29-22-14-12-21(13-15-22)24(28)20-10-7-19(8-11-20)9-16-23(26)27/h7-16,25H,1-6,17-18H2,(H,26,27). The second-order valence-electron chi connectivity index (χ2n) is 6.84. The minimum absolute atomic E-state index is 0.0896. The van der Waals surface area contributed by atoms with Gasteiger partial charge < -0.3 is 14.9 Å². The molecule has 0 saturated heterocycles. The number of hydrogen-bond donors (Lipinski definition) is 2. The molecular formula is C24H28O5. The molecule has 2 aromatic rings. The number of aliphatic carboxylic acids is 1. The molecular weight excluding hydrogens is 368 g/mol. The third-order valence-electron chi connectivity index (χ3n) is 4.53. The van der Waals surface area contributed by atoms with E-state index in [0.717, 1.165) is 55.9 Å². The lowest BCUT2D eigenvalue weighted by atomic mass is 10.0. The second-order valence-corrected chi connectivity index (χ2v) is 6.84. The fourth-order valence-electron chi connectivity index (χ4n) is 2.89. The lowest BCUT2D eigenvalue weighted by Gasteiger charge is -2.07. The minimum atomic E-state index is -1.01. The maximum atomic E-state index is 12.6. The van der Waals surface area contributed by atoms with E-state index >= 15 is 0 Å². The van der Waals surface area contributed by atoms with Crippen molar-refractivity contribution in [1.82, 2.24) is 0 Å². The molecule has 0 unspecified atom stereocenters. The average molecular weight is 396 g/mol. The van der Waals surface area contributed by atoms with Crippen LogP contribution >= 0.6 is 0 Å². The number of aliphatic hydroxyl groups excluding tert-OH is 1. The molecule has 0 atom stereocenters. The summed E-state index contributed by atoms with van der Waals surface area (Å²) in [6.45, 7) is 0.926. The number of ketones is 1. The molecule has 0 amide bonds. The number of carbonyl (C=O) groups is 2. The van der Waals surface area contributed by atoms with E-state index in [0.29, 0.717) is 17.7 Å². The summed E-state index contributed by atoms with van der Waals surface area (Å²) in [6.07, 6.45) is 8.91. The van der Waals surface area contributed by atoms with Gasteiger partial charge in [-0.2, -0.15) is 0 Å². The number of carboxylic acids is 1. The first-order chi connectivity index (χ1) is 14.1. The van der Waals surface area contributed by atoms with Crippen molar-refractivity contribution in [3.05, 3.63) is 71.3 Å². The van der Waals surface area contributed by atoms with E-state index in [1.165, 1.54) is 6.08 Å². The van der Waals surface area contributed by atoms with Gasteiger partial charge in [0.1, 0.15) is 5.75 Å². The summed E-state index contributed by atoms with van der Waals surface area (Å²) >= 11 is 0. The van der Waals surface area contributed by atoms with E-state index < -0.39 is 5.97 Å². The van der Waals surface area contributed by atoms with E-state index in [4.69, 9.17) is 14.9 Å². The highest BCUT2D eigenvalue weighted by Gasteiger charge is 2.09. The van der Waals surface area contributed by atoms with Crippen molar-refractivity contribution in [2.45, 2.75) is 38.5 Å². The molecule has 0 aliphatic carbocycles. The SMILES string of the molecule is O=C(O)C=Cc1ccc(C(=O)c2ccc(OCCCCCCCCO)cc2)cc1. The van der Waals surface area contributed by atoms with Gasteiger partial charge in [-0.1, -0.05) is 49.9 Å². The Morgan fingerprint density at radius 3 is 1.93 bits per heavy atom. The third kappa shape index (κ3) is 8.32. The maximum absolute atomic E-state index is 12.6. The Labute approximate surface area is 171 Å². The number of carbonyl (C=O) groups excluding carboxylic acids is 1. The summed E-state index contributed by atoms with van der Waals surface area (Å²) in [5.74, 6) is -0.352. The van der Waals surface area contributed by atoms with Crippen LogP contribution in [0.3, 0.4) is 0 Å². The molecule has 0 radical (unpaired) electrons. The van der Waals surface area contributed by atoms with E-state index in [9.17, 15) is 9.59 Å². The molecule has 2 rings (SSSR count). The Morgan fingerprint density at radius 1 is 0.793 bits per heavy atom. The summed E-state index contributed by atoms with van der Waals surface area (Å²) in [5.41, 5.74) is 1.85. The second kappa shape index (κ2) is 12.5. The average Bonchev–Trinajstić information content (AvgIpc) is 2.74. The van der Waals surface area contributed by atoms with Crippen molar-refractivity contribution in [1.29, 1.82) is 0 Å². The fourth-order valence-corrected chi connectivity index (χ4v) is 2.89. The zero-order valence-electron chi connectivity index (χ0n) is 16.5. The first kappa shape index (κ1) is 22.4. The van der Waals surface area contributed by atoms with Crippen LogP contribution in [0.4, 0.5) is 0 Å². The summed E-state index contributed by atoms with van der Waals surface area (Å²) < 4.78 is 5.73. The van der Waals surface area contributed by atoms with E-state index in [2.05, 4.69) is 0 Å². The van der Waals surface area contributed by atoms with E-state index in [-0.39, 0.29) is 12.4 Å². The quantitative estimate of drug-likeness (QED) is 0.291. The Hall–Kier alpha value is -2.92. The normalized spacial score (nSPS) is 10.9. The van der Waals surface area contributed by atoms with Gasteiger partial charge in [-0.25, -0.2) is 4.79 Å². The Kier molecular flexibility index (Phi) is 9.66. The van der Waals surface area contributed by atoms with Gasteiger partial charge in [0.2, 0.25) is 0 Å². The molecule has 0 fully saturated rings. The van der Waals surface area contributed by atoms with Crippen LogP contribution in [0.15, 0.2) is 54.6 Å². The highest BCUT2D eigenvalue weighted by Crippen LogP contribution is 2.17. The fraction of sp³-hybridized carbons (Fsp3) is 0.333. The van der Waals surface area contributed by atoms with E-state index in [1.807, 2.05) is 0 Å². The molecule has 5 heteroatoms. The molecule has 2 N–H and O–H groups in total. The molecule has 0 heterocycles. The lowest BCUT2D eigenvalue weighted by molar-refractivity contribution is -0.131. The molecule has 2 aromatic carbocycles. The lowest BCUT2D eigenvalue weighted by Crippen LogP contribution is -2.02. The van der Waals surface area contributed by atoms with Gasteiger partial charge in [0.05, 0.1) is 6.61 Å². The number of rotatable bonds is 13. The van der Waals surface area contributed by atoms with Gasteiger partial charge in [-0.05, 0) is 48.7 Å². The third-order valence-corrected chi connectivity index (χ3v) is 4.53. The predicted molar refractivity (Wildman–Crippen MR) is 113 cm³/mol. The van der Waals surface area contributed by atoms with Crippen LogP contribution in [0.1, 0.15) is 60.0 Å². The summed E-state index contributed by atoms with van der Waals surface area (Å²) in [6, 6.07) is 13.9. The smallest absolute Gasteiger partial charge is 0.328 e. The first-order valence-corrected chi connectivity index (χ1v) is 9.99. The molecule has 0 aromatic heterocycles. The van der Waals surface area contributed by atoms with Crippen molar-refractivity contribution in [3.63, 3.8) is 0 Å². The van der Waals surface area contributed by atoms with E-state index in [1.54, 1.807) is 48.5 Å². The van der Waals surface area contributed by atoms with Gasteiger partial charge in [0.25, 0.3) is 0 Å².